The lowest BCUT2D eigenvalue weighted by Gasteiger charge is -2.11. The zero-order chi connectivity index (χ0) is 24.2. The minimum Gasteiger partial charge on any atom is -0.306 e. The van der Waals surface area contributed by atoms with Crippen molar-refractivity contribution in [3.63, 3.8) is 0 Å². The van der Waals surface area contributed by atoms with Gasteiger partial charge in [0.2, 0.25) is 0 Å². The summed E-state index contributed by atoms with van der Waals surface area (Å²) in [5, 5.41) is 3.44. The molecule has 0 unspecified atom stereocenters. The van der Waals surface area contributed by atoms with Crippen LogP contribution in [0.3, 0.4) is 0 Å². The molecule has 0 amide bonds. The standard InChI is InChI=1S/C20H14F6N4O2S/c1-2-33(31,32)16-10-13(30-8-6-17(28-30)20(24,25)26)3-4-14(16)15-11-29-7-5-12(19(21,22)23)9-18(29)27-15/h3-11H,2H2,1H3. The van der Waals surface area contributed by atoms with E-state index < -0.39 is 33.4 Å². The predicted molar refractivity (Wildman–Crippen MR) is 105 cm³/mol. The van der Waals surface area contributed by atoms with Gasteiger partial charge in [-0.25, -0.2) is 18.1 Å². The van der Waals surface area contributed by atoms with Crippen LogP contribution < -0.4 is 0 Å². The van der Waals surface area contributed by atoms with E-state index in [1.165, 1.54) is 29.7 Å². The van der Waals surface area contributed by atoms with Gasteiger partial charge in [0.15, 0.2) is 15.5 Å². The molecule has 0 aliphatic carbocycles. The van der Waals surface area contributed by atoms with E-state index in [1.54, 1.807) is 0 Å². The van der Waals surface area contributed by atoms with E-state index in [0.717, 1.165) is 41.3 Å². The molecule has 174 valence electrons. The molecule has 0 atom stereocenters. The molecule has 0 bridgehead atoms. The Hall–Kier alpha value is -3.35. The van der Waals surface area contributed by atoms with Gasteiger partial charge in [-0.15, -0.1) is 0 Å². The molecule has 1 aromatic carbocycles. The summed E-state index contributed by atoms with van der Waals surface area (Å²) >= 11 is 0. The zero-order valence-corrected chi connectivity index (χ0v) is 17.5. The van der Waals surface area contributed by atoms with Gasteiger partial charge in [-0.05, 0) is 36.4 Å². The number of fused-ring (bicyclic) bond motifs is 1. The van der Waals surface area contributed by atoms with Crippen LogP contribution in [0.5, 0.6) is 0 Å². The molecule has 0 fully saturated rings. The van der Waals surface area contributed by atoms with Crippen molar-refractivity contribution in [2.45, 2.75) is 24.2 Å². The maximum atomic E-state index is 13.0. The van der Waals surface area contributed by atoms with Crippen LogP contribution in [0.15, 0.2) is 59.9 Å². The fourth-order valence-electron chi connectivity index (χ4n) is 3.18. The lowest BCUT2D eigenvalue weighted by molar-refractivity contribution is -0.141. The number of nitrogens with zero attached hydrogens (tertiary/aromatic N) is 4. The third kappa shape index (κ3) is 4.32. The summed E-state index contributed by atoms with van der Waals surface area (Å²) in [4.78, 5) is 3.90. The SMILES string of the molecule is CCS(=O)(=O)c1cc(-n2ccc(C(F)(F)F)n2)ccc1-c1cn2ccc(C(F)(F)F)cc2n1. The molecule has 33 heavy (non-hydrogen) atoms. The second-order valence-corrected chi connectivity index (χ2v) is 9.28. The van der Waals surface area contributed by atoms with Crippen molar-refractivity contribution < 1.29 is 34.8 Å². The van der Waals surface area contributed by atoms with Gasteiger partial charge in [-0.1, -0.05) is 6.92 Å². The number of imidazole rings is 1. The van der Waals surface area contributed by atoms with Crippen LogP contribution in [0.2, 0.25) is 0 Å². The van der Waals surface area contributed by atoms with Gasteiger partial charge in [0.25, 0.3) is 0 Å². The van der Waals surface area contributed by atoms with E-state index >= 15 is 0 Å². The quantitative estimate of drug-likeness (QED) is 0.379. The number of aromatic nitrogens is 4. The number of rotatable bonds is 4. The average Bonchev–Trinajstić information content (AvgIpc) is 3.39. The first kappa shape index (κ1) is 22.8. The predicted octanol–water partition coefficient (Wildman–Crippen LogP) is 5.02. The summed E-state index contributed by atoms with van der Waals surface area (Å²) in [5.41, 5.74) is -1.87. The molecule has 0 radical (unpaired) electrons. The van der Waals surface area contributed by atoms with Gasteiger partial charge in [0.1, 0.15) is 5.65 Å². The minimum absolute atomic E-state index is 0.0503. The van der Waals surface area contributed by atoms with Crippen molar-refractivity contribution in [3.8, 4) is 16.9 Å². The topological polar surface area (TPSA) is 69.3 Å². The molecule has 0 saturated carbocycles. The Morgan fingerprint density at radius 3 is 2.27 bits per heavy atom. The number of sulfone groups is 1. The summed E-state index contributed by atoms with van der Waals surface area (Å²) in [6.45, 7) is 1.39. The normalized spacial score (nSPS) is 13.1. The van der Waals surface area contributed by atoms with E-state index in [0.29, 0.717) is 0 Å². The van der Waals surface area contributed by atoms with Gasteiger partial charge in [-0.2, -0.15) is 31.4 Å². The van der Waals surface area contributed by atoms with Gasteiger partial charge >= 0.3 is 12.4 Å². The average molecular weight is 488 g/mol. The fourth-order valence-corrected chi connectivity index (χ4v) is 4.30. The Balaban J connectivity index is 1.86. The van der Waals surface area contributed by atoms with E-state index in [9.17, 15) is 34.8 Å². The first-order valence-electron chi connectivity index (χ1n) is 9.36. The van der Waals surface area contributed by atoms with Crippen molar-refractivity contribution in [2.24, 2.45) is 0 Å². The number of pyridine rings is 1. The largest absolute Gasteiger partial charge is 0.435 e. The Labute approximate surface area is 183 Å². The maximum Gasteiger partial charge on any atom is 0.435 e. The third-order valence-corrected chi connectivity index (χ3v) is 6.66. The molecular weight excluding hydrogens is 474 g/mol. The Bertz CT molecular complexity index is 1450. The molecule has 4 aromatic rings. The number of benzene rings is 1. The van der Waals surface area contributed by atoms with Crippen LogP contribution in [-0.2, 0) is 22.2 Å². The first-order chi connectivity index (χ1) is 15.3. The van der Waals surface area contributed by atoms with Crippen LogP contribution in [0.1, 0.15) is 18.2 Å². The van der Waals surface area contributed by atoms with Crippen molar-refractivity contribution in [1.82, 2.24) is 19.2 Å². The smallest absolute Gasteiger partial charge is 0.306 e. The van der Waals surface area contributed by atoms with Crippen molar-refractivity contribution in [3.05, 3.63) is 66.2 Å². The molecule has 0 spiro atoms. The van der Waals surface area contributed by atoms with Crippen LogP contribution in [-0.4, -0.2) is 33.3 Å². The molecule has 3 heterocycles. The molecule has 13 heteroatoms. The van der Waals surface area contributed by atoms with Gasteiger partial charge in [0.05, 0.1) is 27.6 Å². The number of alkyl halides is 6. The molecular formula is C20H14F6N4O2S. The van der Waals surface area contributed by atoms with E-state index in [-0.39, 0.29) is 33.2 Å². The number of halogens is 6. The van der Waals surface area contributed by atoms with Crippen LogP contribution in [0.4, 0.5) is 26.3 Å². The van der Waals surface area contributed by atoms with E-state index in [1.807, 2.05) is 0 Å². The summed E-state index contributed by atoms with van der Waals surface area (Å²) in [6, 6.07) is 6.28. The fraction of sp³-hybridized carbons (Fsp3) is 0.200. The molecule has 6 nitrogen and oxygen atoms in total. The lowest BCUT2D eigenvalue weighted by atomic mass is 10.1. The highest BCUT2D eigenvalue weighted by Gasteiger charge is 2.34. The second kappa shape index (κ2) is 7.61. The van der Waals surface area contributed by atoms with Crippen LogP contribution >= 0.6 is 0 Å². The summed E-state index contributed by atoms with van der Waals surface area (Å²) in [7, 11) is -3.89. The molecule has 0 aliphatic heterocycles. The molecule has 3 aromatic heterocycles. The Kier molecular flexibility index (Phi) is 5.26. The first-order valence-corrected chi connectivity index (χ1v) is 11.0. The minimum atomic E-state index is -4.67. The zero-order valence-electron chi connectivity index (χ0n) is 16.7. The van der Waals surface area contributed by atoms with Crippen LogP contribution in [0, 0.1) is 0 Å². The van der Waals surface area contributed by atoms with Gasteiger partial charge < -0.3 is 4.40 Å². The highest BCUT2D eigenvalue weighted by Crippen LogP contribution is 2.33. The number of hydrogen-bond acceptors (Lipinski definition) is 4. The lowest BCUT2D eigenvalue weighted by Crippen LogP contribution is -2.09. The highest BCUT2D eigenvalue weighted by molar-refractivity contribution is 7.91. The summed E-state index contributed by atoms with van der Waals surface area (Å²) < 4.78 is 105. The summed E-state index contributed by atoms with van der Waals surface area (Å²) in [6.07, 6.45) is -5.68. The summed E-state index contributed by atoms with van der Waals surface area (Å²) in [5.74, 6) is -0.318. The van der Waals surface area contributed by atoms with Gasteiger partial charge in [-0.3, -0.25) is 0 Å². The second-order valence-electron chi connectivity index (χ2n) is 7.03. The van der Waals surface area contributed by atoms with Crippen molar-refractivity contribution in [2.75, 3.05) is 5.75 Å². The van der Waals surface area contributed by atoms with Gasteiger partial charge in [0, 0.05) is 24.2 Å². The monoisotopic (exact) mass is 488 g/mol. The molecule has 4 rings (SSSR count). The Morgan fingerprint density at radius 1 is 0.939 bits per heavy atom. The van der Waals surface area contributed by atoms with Crippen LogP contribution in [0.25, 0.3) is 22.6 Å². The molecule has 0 N–H and O–H groups in total. The number of hydrogen-bond donors (Lipinski definition) is 0. The van der Waals surface area contributed by atoms with E-state index in [2.05, 4.69) is 10.1 Å². The highest BCUT2D eigenvalue weighted by atomic mass is 32.2. The van der Waals surface area contributed by atoms with E-state index in [4.69, 9.17) is 0 Å². The maximum absolute atomic E-state index is 13.0. The van der Waals surface area contributed by atoms with Crippen molar-refractivity contribution >= 4 is 15.5 Å². The molecule has 0 saturated heterocycles. The third-order valence-electron chi connectivity index (χ3n) is 4.89. The molecule has 0 aliphatic rings. The Morgan fingerprint density at radius 2 is 1.67 bits per heavy atom. The van der Waals surface area contributed by atoms with Crippen molar-refractivity contribution in [1.29, 1.82) is 0 Å².